The lowest BCUT2D eigenvalue weighted by Gasteiger charge is -2.66. The van der Waals surface area contributed by atoms with Crippen LogP contribution in [0.15, 0.2) is 0 Å². The van der Waals surface area contributed by atoms with Gasteiger partial charge in [-0.25, -0.2) is 0 Å². The van der Waals surface area contributed by atoms with Crippen LogP contribution in [0.5, 0.6) is 0 Å². The molecule has 0 saturated heterocycles. The van der Waals surface area contributed by atoms with Gasteiger partial charge in [0.25, 0.3) is 0 Å². The summed E-state index contributed by atoms with van der Waals surface area (Å²) in [6.07, 6.45) is 6.74. The smallest absolute Gasteiger partial charge is 0.0763 e. The SMILES string of the molecule is CC(C)[C@@H](CCO)CC[C@@H](C)[C@H]1C[C@@H](O)[C@@H]2[C@]1(C)CC[C@@H]1[C@@]3(C)CC[C@H](O)C[C@@H]3[C@H](O)C[C@]12O. The fourth-order valence-electron chi connectivity index (χ4n) is 10.1. The molecule has 0 aromatic rings. The van der Waals surface area contributed by atoms with E-state index in [2.05, 4.69) is 34.6 Å². The Morgan fingerprint density at radius 3 is 2.18 bits per heavy atom. The highest BCUT2D eigenvalue weighted by molar-refractivity contribution is 5.20. The Hall–Kier alpha value is -0.200. The topological polar surface area (TPSA) is 101 Å². The average molecular weight is 481 g/mol. The van der Waals surface area contributed by atoms with Gasteiger partial charge in [0, 0.05) is 18.9 Å². The molecule has 5 heteroatoms. The van der Waals surface area contributed by atoms with Crippen molar-refractivity contribution in [1.29, 1.82) is 0 Å². The Morgan fingerprint density at radius 1 is 0.853 bits per heavy atom. The Labute approximate surface area is 207 Å². The zero-order chi connectivity index (χ0) is 25.1. The molecule has 0 heterocycles. The van der Waals surface area contributed by atoms with Crippen LogP contribution < -0.4 is 0 Å². The molecule has 5 N–H and O–H groups in total. The molecular formula is C29H52O5. The summed E-state index contributed by atoms with van der Waals surface area (Å²) in [5, 5.41) is 54.8. The lowest BCUT2D eigenvalue weighted by Crippen LogP contribution is -2.68. The molecule has 0 aromatic heterocycles. The van der Waals surface area contributed by atoms with Gasteiger partial charge in [-0.15, -0.1) is 0 Å². The van der Waals surface area contributed by atoms with Crippen molar-refractivity contribution in [3.05, 3.63) is 0 Å². The number of aliphatic hydroxyl groups excluding tert-OH is 4. The van der Waals surface area contributed by atoms with Crippen LogP contribution in [0.4, 0.5) is 0 Å². The molecule has 0 aromatic carbocycles. The first-order valence-corrected chi connectivity index (χ1v) is 14.3. The van der Waals surface area contributed by atoms with Crippen LogP contribution in [-0.4, -0.2) is 56.1 Å². The summed E-state index contributed by atoms with van der Waals surface area (Å²) in [6, 6.07) is 0. The summed E-state index contributed by atoms with van der Waals surface area (Å²) in [6.45, 7) is 11.6. The Balaban J connectivity index is 1.56. The standard InChI is InChI=1S/C29H52O5/c1-17(2)19(10-13-30)7-6-18(3)21-15-23(32)26-28(21,5)12-9-25-27(4)11-8-20(31)14-22(27)24(33)16-29(25,26)34/h17-26,30-34H,6-16H2,1-5H3/t18-,19-,20+,21-,22-,23-,24-,25-,26-,27+,28-,29+/m1/s1. The molecule has 0 unspecified atom stereocenters. The number of hydrogen-bond donors (Lipinski definition) is 5. The number of fused-ring (bicyclic) bond motifs is 5. The monoisotopic (exact) mass is 480 g/mol. The summed E-state index contributed by atoms with van der Waals surface area (Å²) >= 11 is 0. The summed E-state index contributed by atoms with van der Waals surface area (Å²) in [7, 11) is 0. The maximum atomic E-state index is 12.4. The highest BCUT2D eigenvalue weighted by Gasteiger charge is 2.70. The normalized spacial score (nSPS) is 50.4. The van der Waals surface area contributed by atoms with E-state index in [1.165, 1.54) is 0 Å². The van der Waals surface area contributed by atoms with Crippen molar-refractivity contribution in [2.75, 3.05) is 6.61 Å². The van der Waals surface area contributed by atoms with Crippen molar-refractivity contribution in [2.24, 2.45) is 52.3 Å². The molecule has 0 amide bonds. The molecule has 0 aliphatic heterocycles. The second kappa shape index (κ2) is 9.59. The minimum Gasteiger partial charge on any atom is -0.396 e. The van der Waals surface area contributed by atoms with Gasteiger partial charge in [0.2, 0.25) is 0 Å². The number of rotatable bonds is 7. The van der Waals surface area contributed by atoms with Crippen LogP contribution in [0.3, 0.4) is 0 Å². The molecule has 4 aliphatic rings. The first kappa shape index (κ1) is 26.9. The van der Waals surface area contributed by atoms with Crippen molar-refractivity contribution in [3.63, 3.8) is 0 Å². The molecule has 5 nitrogen and oxygen atoms in total. The second-order valence-corrected chi connectivity index (χ2v) is 13.9. The second-order valence-electron chi connectivity index (χ2n) is 13.9. The minimum absolute atomic E-state index is 0.0265. The third-order valence-electron chi connectivity index (χ3n) is 11.9. The molecule has 4 fully saturated rings. The zero-order valence-corrected chi connectivity index (χ0v) is 22.3. The molecular weight excluding hydrogens is 428 g/mol. The highest BCUT2D eigenvalue weighted by atomic mass is 16.3. The van der Waals surface area contributed by atoms with Gasteiger partial charge in [0.05, 0.1) is 23.9 Å². The van der Waals surface area contributed by atoms with Gasteiger partial charge in [-0.1, -0.05) is 41.0 Å². The molecule has 4 aliphatic carbocycles. The molecule has 12 atom stereocenters. The summed E-state index contributed by atoms with van der Waals surface area (Å²) in [5.41, 5.74) is -1.37. The first-order chi connectivity index (χ1) is 15.9. The fraction of sp³-hybridized carbons (Fsp3) is 1.00. The van der Waals surface area contributed by atoms with Gasteiger partial charge in [-0.3, -0.25) is 0 Å². The Morgan fingerprint density at radius 2 is 1.53 bits per heavy atom. The van der Waals surface area contributed by atoms with E-state index < -0.39 is 17.8 Å². The first-order valence-electron chi connectivity index (χ1n) is 14.3. The van der Waals surface area contributed by atoms with Gasteiger partial charge in [-0.2, -0.15) is 0 Å². The van der Waals surface area contributed by atoms with E-state index in [1.807, 2.05) is 0 Å². The summed E-state index contributed by atoms with van der Waals surface area (Å²) in [4.78, 5) is 0. The van der Waals surface area contributed by atoms with Crippen LogP contribution in [-0.2, 0) is 0 Å². The van der Waals surface area contributed by atoms with E-state index in [0.29, 0.717) is 36.5 Å². The van der Waals surface area contributed by atoms with E-state index in [-0.39, 0.29) is 41.3 Å². The predicted molar refractivity (Wildman–Crippen MR) is 134 cm³/mol. The molecule has 34 heavy (non-hydrogen) atoms. The molecule has 0 radical (unpaired) electrons. The molecule has 4 rings (SSSR count). The van der Waals surface area contributed by atoms with Crippen molar-refractivity contribution in [1.82, 2.24) is 0 Å². The summed E-state index contributed by atoms with van der Waals surface area (Å²) < 4.78 is 0. The molecule has 198 valence electrons. The van der Waals surface area contributed by atoms with Crippen LogP contribution in [0.1, 0.15) is 98.8 Å². The van der Waals surface area contributed by atoms with E-state index >= 15 is 0 Å². The van der Waals surface area contributed by atoms with Crippen molar-refractivity contribution in [2.45, 2.75) is 123 Å². The van der Waals surface area contributed by atoms with Crippen molar-refractivity contribution >= 4 is 0 Å². The highest BCUT2D eigenvalue weighted by Crippen LogP contribution is 2.69. The van der Waals surface area contributed by atoms with Crippen molar-refractivity contribution < 1.29 is 25.5 Å². The Kier molecular flexibility index (Phi) is 7.58. The van der Waals surface area contributed by atoms with Crippen LogP contribution in [0, 0.1) is 52.3 Å². The van der Waals surface area contributed by atoms with E-state index in [4.69, 9.17) is 0 Å². The molecule has 0 spiro atoms. The van der Waals surface area contributed by atoms with E-state index in [9.17, 15) is 25.5 Å². The number of aliphatic hydroxyl groups is 5. The van der Waals surface area contributed by atoms with Gasteiger partial charge >= 0.3 is 0 Å². The maximum Gasteiger partial charge on any atom is 0.0763 e. The quantitative estimate of drug-likeness (QED) is 0.377. The summed E-state index contributed by atoms with van der Waals surface area (Å²) in [5.74, 6) is 1.77. The third kappa shape index (κ3) is 4.20. The number of hydrogen-bond acceptors (Lipinski definition) is 5. The average Bonchev–Trinajstić information content (AvgIpc) is 3.03. The zero-order valence-electron chi connectivity index (χ0n) is 22.3. The third-order valence-corrected chi connectivity index (χ3v) is 11.9. The van der Waals surface area contributed by atoms with Gasteiger partial charge in [0.1, 0.15) is 0 Å². The fourth-order valence-corrected chi connectivity index (χ4v) is 10.1. The Bertz CT molecular complexity index is 713. The van der Waals surface area contributed by atoms with Crippen molar-refractivity contribution in [3.8, 4) is 0 Å². The molecule has 0 bridgehead atoms. The molecule has 4 saturated carbocycles. The van der Waals surface area contributed by atoms with Crippen LogP contribution in [0.2, 0.25) is 0 Å². The maximum absolute atomic E-state index is 12.4. The van der Waals surface area contributed by atoms with E-state index in [1.54, 1.807) is 0 Å². The van der Waals surface area contributed by atoms with Gasteiger partial charge in [0.15, 0.2) is 0 Å². The lowest BCUT2D eigenvalue weighted by atomic mass is 9.42. The van der Waals surface area contributed by atoms with Gasteiger partial charge in [-0.05, 0) is 97.7 Å². The van der Waals surface area contributed by atoms with Crippen LogP contribution in [0.25, 0.3) is 0 Å². The predicted octanol–water partition coefficient (Wildman–Crippen LogP) is 4.13. The van der Waals surface area contributed by atoms with E-state index in [0.717, 1.165) is 51.4 Å². The van der Waals surface area contributed by atoms with Crippen LogP contribution >= 0.6 is 0 Å². The van der Waals surface area contributed by atoms with Gasteiger partial charge < -0.3 is 25.5 Å². The minimum atomic E-state index is -1.05. The largest absolute Gasteiger partial charge is 0.396 e. The lowest BCUT2D eigenvalue weighted by molar-refractivity contribution is -0.263.